The van der Waals surface area contributed by atoms with Crippen molar-refractivity contribution in [1.82, 2.24) is 19.7 Å². The molecule has 0 radical (unpaired) electrons. The molecule has 2 heterocycles. The van der Waals surface area contributed by atoms with Crippen LogP contribution in [0, 0.1) is 0 Å². The number of halogens is 4. The van der Waals surface area contributed by atoms with Gasteiger partial charge in [0.2, 0.25) is 0 Å². The molecule has 2 aromatic heterocycles. The van der Waals surface area contributed by atoms with Crippen molar-refractivity contribution >= 4 is 17.5 Å². The lowest BCUT2D eigenvalue weighted by molar-refractivity contribution is -0.137. The summed E-state index contributed by atoms with van der Waals surface area (Å²) in [4.78, 5) is 16.8. The number of nitrogens with zero attached hydrogens (tertiary/aromatic N) is 4. The predicted octanol–water partition coefficient (Wildman–Crippen LogP) is 2.64. The normalized spacial score (nSPS) is 11.5. The standard InChI is InChI=1S/C12H10ClF3N4O/c1-19(2)11(21)7-5-17-20(6-7)10-4-8(12(14,15)16)3-9(13)18-10/h3-6H,1-2H3. The first-order chi connectivity index (χ1) is 9.68. The van der Waals surface area contributed by atoms with Crippen LogP contribution < -0.4 is 0 Å². The van der Waals surface area contributed by atoms with Gasteiger partial charge in [-0.15, -0.1) is 0 Å². The summed E-state index contributed by atoms with van der Waals surface area (Å²) in [6.07, 6.45) is -2.00. The number of rotatable bonds is 2. The van der Waals surface area contributed by atoms with E-state index in [0.717, 1.165) is 16.8 Å². The fraction of sp³-hybridized carbons (Fsp3) is 0.250. The van der Waals surface area contributed by atoms with Gasteiger partial charge in [0.25, 0.3) is 5.91 Å². The number of amides is 1. The van der Waals surface area contributed by atoms with Crippen LogP contribution in [-0.4, -0.2) is 39.7 Å². The largest absolute Gasteiger partial charge is 0.416 e. The second kappa shape index (κ2) is 5.36. The van der Waals surface area contributed by atoms with Crippen molar-refractivity contribution in [2.75, 3.05) is 14.1 Å². The third-order valence-electron chi connectivity index (χ3n) is 2.58. The summed E-state index contributed by atoms with van der Waals surface area (Å²) in [5.74, 6) is -0.438. The van der Waals surface area contributed by atoms with E-state index in [1.807, 2.05) is 0 Å². The summed E-state index contributed by atoms with van der Waals surface area (Å²) in [6.45, 7) is 0. The van der Waals surface area contributed by atoms with Crippen molar-refractivity contribution in [3.8, 4) is 5.82 Å². The average molecular weight is 319 g/mol. The van der Waals surface area contributed by atoms with Crippen LogP contribution in [0.2, 0.25) is 5.15 Å². The van der Waals surface area contributed by atoms with Gasteiger partial charge in [0, 0.05) is 20.3 Å². The van der Waals surface area contributed by atoms with Crippen molar-refractivity contribution < 1.29 is 18.0 Å². The first kappa shape index (κ1) is 15.3. The maximum absolute atomic E-state index is 12.7. The Labute approximate surface area is 122 Å². The van der Waals surface area contributed by atoms with Gasteiger partial charge in [-0.1, -0.05) is 11.6 Å². The van der Waals surface area contributed by atoms with Gasteiger partial charge >= 0.3 is 6.18 Å². The third kappa shape index (κ3) is 3.33. The molecule has 5 nitrogen and oxygen atoms in total. The van der Waals surface area contributed by atoms with Gasteiger partial charge in [-0.05, 0) is 12.1 Å². The molecule has 0 spiro atoms. The van der Waals surface area contributed by atoms with Crippen LogP contribution >= 0.6 is 11.6 Å². The zero-order valence-corrected chi connectivity index (χ0v) is 11.8. The minimum absolute atomic E-state index is 0.118. The third-order valence-corrected chi connectivity index (χ3v) is 2.77. The molecule has 0 aliphatic heterocycles. The number of hydrogen-bond acceptors (Lipinski definition) is 3. The molecule has 0 fully saturated rings. The Kier molecular flexibility index (Phi) is 3.91. The lowest BCUT2D eigenvalue weighted by atomic mass is 10.2. The highest BCUT2D eigenvalue weighted by atomic mass is 35.5. The van der Waals surface area contributed by atoms with Crippen molar-refractivity contribution in [3.63, 3.8) is 0 Å². The Morgan fingerprint density at radius 1 is 1.33 bits per heavy atom. The summed E-state index contributed by atoms with van der Waals surface area (Å²) in [5.41, 5.74) is -0.705. The minimum Gasteiger partial charge on any atom is -0.345 e. The van der Waals surface area contributed by atoms with E-state index in [1.165, 1.54) is 17.3 Å². The summed E-state index contributed by atoms with van der Waals surface area (Å²) in [7, 11) is 3.11. The first-order valence-corrected chi connectivity index (χ1v) is 6.08. The molecule has 0 unspecified atom stereocenters. The SMILES string of the molecule is CN(C)C(=O)c1cnn(-c2cc(C(F)(F)F)cc(Cl)n2)c1. The van der Waals surface area contributed by atoms with Crippen LogP contribution in [0.25, 0.3) is 5.82 Å². The predicted molar refractivity (Wildman–Crippen MR) is 69.4 cm³/mol. The van der Waals surface area contributed by atoms with Crippen molar-refractivity contribution in [2.24, 2.45) is 0 Å². The molecule has 0 saturated carbocycles. The molecule has 0 atom stereocenters. The Balaban J connectivity index is 2.43. The second-order valence-corrected chi connectivity index (χ2v) is 4.79. The lowest BCUT2D eigenvalue weighted by Gasteiger charge is -2.09. The molecule has 2 aromatic rings. The zero-order chi connectivity index (χ0) is 15.8. The average Bonchev–Trinajstić information content (AvgIpc) is 2.85. The number of carbonyl (C=O) groups is 1. The number of pyridine rings is 1. The van der Waals surface area contributed by atoms with Crippen molar-refractivity contribution in [1.29, 1.82) is 0 Å². The summed E-state index contributed by atoms with van der Waals surface area (Å²) < 4.78 is 39.2. The van der Waals surface area contributed by atoms with E-state index >= 15 is 0 Å². The smallest absolute Gasteiger partial charge is 0.345 e. The molecule has 0 bridgehead atoms. The number of aromatic nitrogens is 3. The van der Waals surface area contributed by atoms with E-state index in [-0.39, 0.29) is 22.4 Å². The fourth-order valence-corrected chi connectivity index (χ4v) is 1.78. The second-order valence-electron chi connectivity index (χ2n) is 4.41. The monoisotopic (exact) mass is 318 g/mol. The molecule has 0 N–H and O–H groups in total. The van der Waals surface area contributed by atoms with Gasteiger partial charge in [-0.3, -0.25) is 4.79 Å². The molecule has 0 aliphatic carbocycles. The van der Waals surface area contributed by atoms with E-state index in [2.05, 4.69) is 10.1 Å². The fourth-order valence-electron chi connectivity index (χ4n) is 1.58. The van der Waals surface area contributed by atoms with Crippen LogP contribution in [-0.2, 0) is 6.18 Å². The quantitative estimate of drug-likeness (QED) is 0.800. The van der Waals surface area contributed by atoms with Gasteiger partial charge in [0.1, 0.15) is 5.15 Å². The Bertz CT molecular complexity index is 681. The van der Waals surface area contributed by atoms with Crippen LogP contribution in [0.5, 0.6) is 0 Å². The number of carbonyl (C=O) groups excluding carboxylic acids is 1. The summed E-state index contributed by atoms with van der Waals surface area (Å²) >= 11 is 5.60. The molecule has 0 aliphatic rings. The van der Waals surface area contributed by atoms with E-state index < -0.39 is 11.7 Å². The maximum Gasteiger partial charge on any atom is 0.416 e. The first-order valence-electron chi connectivity index (χ1n) is 5.70. The molecule has 9 heteroatoms. The lowest BCUT2D eigenvalue weighted by Crippen LogP contribution is -2.21. The maximum atomic E-state index is 12.7. The van der Waals surface area contributed by atoms with Crippen LogP contribution in [0.1, 0.15) is 15.9 Å². The van der Waals surface area contributed by atoms with E-state index in [4.69, 9.17) is 11.6 Å². The Hall–Kier alpha value is -2.09. The molecular weight excluding hydrogens is 309 g/mol. The highest BCUT2D eigenvalue weighted by Gasteiger charge is 2.31. The minimum atomic E-state index is -4.54. The molecule has 1 amide bonds. The summed E-state index contributed by atoms with van der Waals surface area (Å²) in [5, 5.41) is 3.53. The molecule has 2 rings (SSSR count). The molecule has 0 aromatic carbocycles. The van der Waals surface area contributed by atoms with Gasteiger partial charge in [-0.25, -0.2) is 9.67 Å². The van der Waals surface area contributed by atoms with Gasteiger partial charge in [0.15, 0.2) is 5.82 Å². The topological polar surface area (TPSA) is 51.0 Å². The van der Waals surface area contributed by atoms with E-state index in [1.54, 1.807) is 14.1 Å². The number of alkyl halides is 3. The van der Waals surface area contributed by atoms with Gasteiger partial charge in [0.05, 0.1) is 17.3 Å². The Morgan fingerprint density at radius 3 is 2.57 bits per heavy atom. The van der Waals surface area contributed by atoms with Gasteiger partial charge < -0.3 is 4.90 Å². The number of hydrogen-bond donors (Lipinski definition) is 0. The van der Waals surface area contributed by atoms with Crippen LogP contribution in [0.15, 0.2) is 24.5 Å². The Morgan fingerprint density at radius 2 is 2.00 bits per heavy atom. The van der Waals surface area contributed by atoms with E-state index in [9.17, 15) is 18.0 Å². The summed E-state index contributed by atoms with van der Waals surface area (Å²) in [6, 6.07) is 1.53. The molecule has 21 heavy (non-hydrogen) atoms. The van der Waals surface area contributed by atoms with Crippen LogP contribution in [0.3, 0.4) is 0 Å². The van der Waals surface area contributed by atoms with Crippen molar-refractivity contribution in [2.45, 2.75) is 6.18 Å². The van der Waals surface area contributed by atoms with E-state index in [0.29, 0.717) is 0 Å². The molecule has 0 saturated heterocycles. The molecule has 112 valence electrons. The van der Waals surface area contributed by atoms with Crippen molar-refractivity contribution in [3.05, 3.63) is 40.8 Å². The zero-order valence-electron chi connectivity index (χ0n) is 11.0. The van der Waals surface area contributed by atoms with Crippen LogP contribution in [0.4, 0.5) is 13.2 Å². The highest BCUT2D eigenvalue weighted by Crippen LogP contribution is 2.31. The molecular formula is C12H10ClF3N4O. The highest BCUT2D eigenvalue weighted by molar-refractivity contribution is 6.29. The van der Waals surface area contributed by atoms with Gasteiger partial charge in [-0.2, -0.15) is 18.3 Å².